The molecule has 0 aromatic heterocycles. The number of aliphatic hydroxyl groups excluding tert-OH is 1. The Hall–Kier alpha value is -1.21. The maximum Gasteiger partial charge on any atom is 0.416 e. The van der Waals surface area contributed by atoms with Crippen molar-refractivity contribution in [2.75, 3.05) is 13.2 Å². The van der Waals surface area contributed by atoms with Gasteiger partial charge < -0.3 is 10.0 Å². The number of thioether (sulfide) groups is 1. The van der Waals surface area contributed by atoms with Crippen molar-refractivity contribution in [2.24, 2.45) is 0 Å². The third-order valence-electron chi connectivity index (χ3n) is 3.09. The average Bonchev–Trinajstić information content (AvgIpc) is 2.67. The molecule has 1 aliphatic rings. The van der Waals surface area contributed by atoms with Gasteiger partial charge in [0.2, 0.25) is 5.91 Å². The minimum absolute atomic E-state index is 0.122. The molecule has 0 spiro atoms. The average molecular weight is 305 g/mol. The maximum absolute atomic E-state index is 12.7. The van der Waals surface area contributed by atoms with Crippen molar-refractivity contribution in [3.8, 4) is 0 Å². The number of alkyl halides is 3. The number of benzene rings is 1. The summed E-state index contributed by atoms with van der Waals surface area (Å²) in [5.74, 6) is -0.161. The SMILES string of the molecule is C[C@@H]1S[C@H](c2cccc(C(F)(F)F)c2)N(CCO)C1=O. The van der Waals surface area contributed by atoms with Crippen LogP contribution in [0.5, 0.6) is 0 Å². The fourth-order valence-electron chi connectivity index (χ4n) is 2.14. The first kappa shape index (κ1) is 15.2. The van der Waals surface area contributed by atoms with Gasteiger partial charge in [-0.3, -0.25) is 4.79 Å². The van der Waals surface area contributed by atoms with Gasteiger partial charge >= 0.3 is 6.18 Å². The zero-order valence-corrected chi connectivity index (χ0v) is 11.5. The van der Waals surface area contributed by atoms with Crippen molar-refractivity contribution in [2.45, 2.75) is 23.7 Å². The molecule has 2 rings (SSSR count). The van der Waals surface area contributed by atoms with Gasteiger partial charge in [0.15, 0.2) is 0 Å². The van der Waals surface area contributed by atoms with Crippen molar-refractivity contribution in [3.63, 3.8) is 0 Å². The van der Waals surface area contributed by atoms with E-state index in [0.717, 1.165) is 12.1 Å². The number of halogens is 3. The van der Waals surface area contributed by atoms with Gasteiger partial charge in [0.05, 0.1) is 17.4 Å². The normalized spacial score (nSPS) is 23.4. The van der Waals surface area contributed by atoms with E-state index in [-0.39, 0.29) is 24.3 Å². The summed E-state index contributed by atoms with van der Waals surface area (Å²) in [5.41, 5.74) is -0.303. The number of aliphatic hydroxyl groups is 1. The Bertz CT molecular complexity index is 507. The zero-order valence-electron chi connectivity index (χ0n) is 10.7. The van der Waals surface area contributed by atoms with E-state index in [0.29, 0.717) is 5.56 Å². The van der Waals surface area contributed by atoms with Crippen LogP contribution < -0.4 is 0 Å². The highest BCUT2D eigenvalue weighted by molar-refractivity contribution is 8.01. The molecule has 110 valence electrons. The lowest BCUT2D eigenvalue weighted by Crippen LogP contribution is -2.32. The second kappa shape index (κ2) is 5.65. The van der Waals surface area contributed by atoms with Crippen molar-refractivity contribution >= 4 is 17.7 Å². The lowest BCUT2D eigenvalue weighted by Gasteiger charge is -2.23. The van der Waals surface area contributed by atoms with Crippen LogP contribution in [0.2, 0.25) is 0 Å². The quantitative estimate of drug-likeness (QED) is 0.933. The van der Waals surface area contributed by atoms with E-state index < -0.39 is 17.1 Å². The third kappa shape index (κ3) is 2.93. The summed E-state index contributed by atoms with van der Waals surface area (Å²) in [5, 5.41) is 8.20. The Labute approximate surface area is 118 Å². The molecule has 0 bridgehead atoms. The van der Waals surface area contributed by atoms with Crippen LogP contribution in [0, 0.1) is 0 Å². The molecule has 1 aromatic rings. The molecule has 20 heavy (non-hydrogen) atoms. The lowest BCUT2D eigenvalue weighted by molar-refractivity contribution is -0.137. The molecular weight excluding hydrogens is 291 g/mol. The summed E-state index contributed by atoms with van der Waals surface area (Å²) in [4.78, 5) is 13.4. The van der Waals surface area contributed by atoms with Crippen LogP contribution in [-0.2, 0) is 11.0 Å². The largest absolute Gasteiger partial charge is 0.416 e. The van der Waals surface area contributed by atoms with E-state index in [2.05, 4.69) is 0 Å². The Balaban J connectivity index is 2.33. The second-order valence-electron chi connectivity index (χ2n) is 4.51. The van der Waals surface area contributed by atoms with Gasteiger partial charge in [-0.1, -0.05) is 12.1 Å². The van der Waals surface area contributed by atoms with Gasteiger partial charge in [0.1, 0.15) is 5.37 Å². The van der Waals surface area contributed by atoms with Crippen molar-refractivity contribution < 1.29 is 23.1 Å². The van der Waals surface area contributed by atoms with Crippen LogP contribution in [0.15, 0.2) is 24.3 Å². The Morgan fingerprint density at radius 1 is 1.40 bits per heavy atom. The lowest BCUT2D eigenvalue weighted by atomic mass is 10.1. The molecule has 7 heteroatoms. The fraction of sp³-hybridized carbons (Fsp3) is 0.462. The molecule has 1 heterocycles. The van der Waals surface area contributed by atoms with Crippen molar-refractivity contribution in [1.29, 1.82) is 0 Å². The van der Waals surface area contributed by atoms with Gasteiger partial charge in [0.25, 0.3) is 0 Å². The van der Waals surface area contributed by atoms with Crippen LogP contribution in [0.1, 0.15) is 23.4 Å². The fourth-order valence-corrected chi connectivity index (χ4v) is 3.43. The van der Waals surface area contributed by atoms with Gasteiger partial charge in [-0.2, -0.15) is 13.2 Å². The molecule has 1 saturated heterocycles. The summed E-state index contributed by atoms with van der Waals surface area (Å²) in [7, 11) is 0. The van der Waals surface area contributed by atoms with Crippen molar-refractivity contribution in [1.82, 2.24) is 4.90 Å². The molecule has 1 aromatic carbocycles. The Morgan fingerprint density at radius 3 is 2.70 bits per heavy atom. The first-order valence-corrected chi connectivity index (χ1v) is 7.03. The van der Waals surface area contributed by atoms with Crippen LogP contribution in [0.3, 0.4) is 0 Å². The predicted octanol–water partition coefficient (Wildman–Crippen LogP) is 2.66. The maximum atomic E-state index is 12.7. The number of β-amino-alcohol motifs (C(OH)–C–C–N with tert-alkyl or cyclic N) is 1. The minimum Gasteiger partial charge on any atom is -0.395 e. The Morgan fingerprint density at radius 2 is 2.10 bits per heavy atom. The van der Waals surface area contributed by atoms with Crippen LogP contribution >= 0.6 is 11.8 Å². The summed E-state index contributed by atoms with van der Waals surface area (Å²) >= 11 is 1.29. The van der Waals surface area contributed by atoms with E-state index in [9.17, 15) is 18.0 Å². The monoisotopic (exact) mass is 305 g/mol. The topological polar surface area (TPSA) is 40.5 Å². The number of carbonyl (C=O) groups excluding carboxylic acids is 1. The molecule has 3 nitrogen and oxygen atoms in total. The molecule has 0 aliphatic carbocycles. The van der Waals surface area contributed by atoms with Gasteiger partial charge in [0, 0.05) is 6.54 Å². The summed E-state index contributed by atoms with van der Waals surface area (Å²) < 4.78 is 38.2. The summed E-state index contributed by atoms with van der Waals surface area (Å²) in [6.07, 6.45) is -4.41. The minimum atomic E-state index is -4.41. The molecule has 1 N–H and O–H groups in total. The van der Waals surface area contributed by atoms with Gasteiger partial charge in [-0.05, 0) is 24.6 Å². The predicted molar refractivity (Wildman–Crippen MR) is 70.0 cm³/mol. The number of rotatable bonds is 3. The number of hydrogen-bond donors (Lipinski definition) is 1. The highest BCUT2D eigenvalue weighted by atomic mass is 32.2. The number of hydrogen-bond acceptors (Lipinski definition) is 3. The number of nitrogens with zero attached hydrogens (tertiary/aromatic N) is 1. The zero-order chi connectivity index (χ0) is 14.9. The highest BCUT2D eigenvalue weighted by Gasteiger charge is 2.39. The molecule has 0 radical (unpaired) electrons. The van der Waals surface area contributed by atoms with E-state index in [4.69, 9.17) is 5.11 Å². The molecule has 2 atom stereocenters. The molecular formula is C13H14F3NO2S. The summed E-state index contributed by atoms with van der Waals surface area (Å²) in [6.45, 7) is 1.62. The van der Waals surface area contributed by atoms with E-state index in [1.54, 1.807) is 13.0 Å². The number of carbonyl (C=O) groups is 1. The molecule has 0 saturated carbocycles. The smallest absolute Gasteiger partial charge is 0.395 e. The van der Waals surface area contributed by atoms with Gasteiger partial charge in [-0.25, -0.2) is 0 Å². The molecule has 1 amide bonds. The van der Waals surface area contributed by atoms with Crippen LogP contribution in [0.4, 0.5) is 13.2 Å². The van der Waals surface area contributed by atoms with E-state index in [1.165, 1.54) is 22.7 Å². The standard InChI is InChI=1S/C13H14F3NO2S/c1-8-11(19)17(5-6-18)12(20-8)9-3-2-4-10(7-9)13(14,15)16/h2-4,7-8,12,18H,5-6H2,1H3/t8-,12+/m0/s1. The van der Waals surface area contributed by atoms with E-state index in [1.807, 2.05) is 0 Å². The van der Waals surface area contributed by atoms with E-state index >= 15 is 0 Å². The second-order valence-corrected chi connectivity index (χ2v) is 5.93. The van der Waals surface area contributed by atoms with Crippen LogP contribution in [0.25, 0.3) is 0 Å². The molecule has 0 unspecified atom stereocenters. The number of amides is 1. The van der Waals surface area contributed by atoms with Crippen molar-refractivity contribution in [3.05, 3.63) is 35.4 Å². The molecule has 1 aliphatic heterocycles. The summed E-state index contributed by atoms with van der Waals surface area (Å²) in [6, 6.07) is 4.98. The first-order valence-electron chi connectivity index (χ1n) is 6.08. The third-order valence-corrected chi connectivity index (χ3v) is 4.48. The Kier molecular flexibility index (Phi) is 4.29. The van der Waals surface area contributed by atoms with Crippen LogP contribution in [-0.4, -0.2) is 34.3 Å². The van der Waals surface area contributed by atoms with Gasteiger partial charge in [-0.15, -0.1) is 11.8 Å². The highest BCUT2D eigenvalue weighted by Crippen LogP contribution is 2.43. The first-order chi connectivity index (χ1) is 9.34. The molecule has 1 fully saturated rings.